The van der Waals surface area contributed by atoms with Crippen molar-refractivity contribution in [1.82, 2.24) is 19.9 Å². The summed E-state index contributed by atoms with van der Waals surface area (Å²) in [5, 5.41) is 2.98. The topological polar surface area (TPSA) is 103 Å². The van der Waals surface area contributed by atoms with E-state index < -0.39 is 23.6 Å². The van der Waals surface area contributed by atoms with Crippen molar-refractivity contribution >= 4 is 22.8 Å². The van der Waals surface area contributed by atoms with Gasteiger partial charge in [0.2, 0.25) is 11.8 Å². The van der Waals surface area contributed by atoms with Crippen LogP contribution in [0.2, 0.25) is 0 Å². The second kappa shape index (κ2) is 10.6. The molecule has 5 rings (SSSR count). The average molecular weight is 512 g/mol. The van der Waals surface area contributed by atoms with Crippen LogP contribution in [0.5, 0.6) is 0 Å². The SMILES string of the molecule is NC(=O)c1cccc(-c2cccnc2C(Cc2cc(F)cc(F)c2)NC(=O)Cn2cnc3ccccc32)c1. The molecule has 9 heteroatoms. The number of primary amides is 1. The third-order valence-electron chi connectivity index (χ3n) is 6.17. The predicted molar refractivity (Wildman–Crippen MR) is 139 cm³/mol. The number of nitrogens with two attached hydrogens (primary N) is 1. The molecule has 2 heterocycles. The first-order valence-electron chi connectivity index (χ1n) is 11.9. The lowest BCUT2D eigenvalue weighted by atomic mass is 9.94. The number of para-hydroxylation sites is 2. The Labute approximate surface area is 217 Å². The van der Waals surface area contributed by atoms with Crippen molar-refractivity contribution < 1.29 is 18.4 Å². The zero-order valence-electron chi connectivity index (χ0n) is 20.1. The largest absolute Gasteiger partial charge is 0.366 e. The maximum absolute atomic E-state index is 14.0. The number of benzene rings is 3. The number of rotatable bonds is 8. The lowest BCUT2D eigenvalue weighted by molar-refractivity contribution is -0.122. The Morgan fingerprint density at radius 1 is 0.921 bits per heavy atom. The number of nitrogens with one attached hydrogen (secondary N) is 1. The molecule has 190 valence electrons. The fraction of sp³-hybridized carbons (Fsp3) is 0.103. The molecule has 1 unspecified atom stereocenters. The molecule has 1 atom stereocenters. The van der Waals surface area contributed by atoms with Crippen molar-refractivity contribution in [2.45, 2.75) is 19.0 Å². The minimum absolute atomic E-state index is 0.0200. The van der Waals surface area contributed by atoms with Gasteiger partial charge < -0.3 is 15.6 Å². The van der Waals surface area contributed by atoms with Gasteiger partial charge in [0, 0.05) is 23.4 Å². The van der Waals surface area contributed by atoms with Crippen LogP contribution in [0.4, 0.5) is 8.78 Å². The van der Waals surface area contributed by atoms with Gasteiger partial charge in [0.25, 0.3) is 0 Å². The van der Waals surface area contributed by atoms with Gasteiger partial charge in [0.1, 0.15) is 18.2 Å². The van der Waals surface area contributed by atoms with Crippen LogP contribution in [0.15, 0.2) is 91.4 Å². The number of aromatic nitrogens is 3. The van der Waals surface area contributed by atoms with Crippen LogP contribution in [0.3, 0.4) is 0 Å². The van der Waals surface area contributed by atoms with Crippen molar-refractivity contribution in [3.63, 3.8) is 0 Å². The molecule has 0 fully saturated rings. The first-order chi connectivity index (χ1) is 18.4. The zero-order valence-corrected chi connectivity index (χ0v) is 20.1. The van der Waals surface area contributed by atoms with Gasteiger partial charge in [-0.2, -0.15) is 0 Å². The Kier molecular flexibility index (Phi) is 6.90. The van der Waals surface area contributed by atoms with Gasteiger partial charge in [-0.1, -0.05) is 30.3 Å². The molecule has 0 aliphatic heterocycles. The summed E-state index contributed by atoms with van der Waals surface area (Å²) in [5.74, 6) is -2.35. The molecule has 3 N–H and O–H groups in total. The van der Waals surface area contributed by atoms with E-state index in [1.54, 1.807) is 53.5 Å². The van der Waals surface area contributed by atoms with Crippen LogP contribution in [-0.2, 0) is 17.8 Å². The van der Waals surface area contributed by atoms with Crippen molar-refractivity contribution in [3.8, 4) is 11.1 Å². The Morgan fingerprint density at radius 3 is 2.50 bits per heavy atom. The fourth-order valence-electron chi connectivity index (χ4n) is 4.49. The standard InChI is InChI=1S/C29H23F2N5O2/c30-21-11-18(12-22(31)15-21)13-25(35-27(37)16-36-17-34-24-8-1-2-9-26(24)36)28-23(7-4-10-33-28)19-5-3-6-20(14-19)29(32)38/h1-12,14-15,17,25H,13,16H2,(H2,32,38)(H,35,37). The summed E-state index contributed by atoms with van der Waals surface area (Å²) < 4.78 is 29.7. The van der Waals surface area contributed by atoms with Crippen LogP contribution < -0.4 is 11.1 Å². The molecule has 2 amide bonds. The number of carbonyl (C=O) groups is 2. The van der Waals surface area contributed by atoms with E-state index in [9.17, 15) is 18.4 Å². The summed E-state index contributed by atoms with van der Waals surface area (Å²) in [4.78, 5) is 33.9. The molecule has 0 aliphatic rings. The van der Waals surface area contributed by atoms with E-state index in [2.05, 4.69) is 15.3 Å². The van der Waals surface area contributed by atoms with E-state index in [1.165, 1.54) is 12.1 Å². The number of hydrogen-bond donors (Lipinski definition) is 2. The lowest BCUT2D eigenvalue weighted by Gasteiger charge is -2.22. The highest BCUT2D eigenvalue weighted by Crippen LogP contribution is 2.30. The minimum Gasteiger partial charge on any atom is -0.366 e. The van der Waals surface area contributed by atoms with Gasteiger partial charge >= 0.3 is 0 Å². The van der Waals surface area contributed by atoms with Crippen LogP contribution in [-0.4, -0.2) is 26.3 Å². The third-order valence-corrected chi connectivity index (χ3v) is 6.17. The highest BCUT2D eigenvalue weighted by Gasteiger charge is 2.22. The minimum atomic E-state index is -0.744. The first-order valence-corrected chi connectivity index (χ1v) is 11.9. The molecule has 0 spiro atoms. The lowest BCUT2D eigenvalue weighted by Crippen LogP contribution is -2.33. The van der Waals surface area contributed by atoms with Crippen LogP contribution in [0, 0.1) is 11.6 Å². The van der Waals surface area contributed by atoms with E-state index in [0.717, 1.165) is 17.1 Å². The first kappa shape index (κ1) is 24.8. The normalized spacial score (nSPS) is 11.8. The van der Waals surface area contributed by atoms with Gasteiger partial charge in [-0.05, 0) is 60.0 Å². The summed E-state index contributed by atoms with van der Waals surface area (Å²) >= 11 is 0. The van der Waals surface area contributed by atoms with Gasteiger partial charge in [0.15, 0.2) is 0 Å². The number of imidazole rings is 1. The number of carbonyl (C=O) groups excluding carboxylic acids is 2. The number of hydrogen-bond acceptors (Lipinski definition) is 4. The summed E-state index contributed by atoms with van der Waals surface area (Å²) in [5.41, 5.74) is 9.47. The number of halogens is 2. The van der Waals surface area contributed by atoms with Crippen LogP contribution in [0.1, 0.15) is 27.7 Å². The molecule has 0 bridgehead atoms. The van der Waals surface area contributed by atoms with Gasteiger partial charge in [0.05, 0.1) is 29.1 Å². The number of pyridine rings is 1. The highest BCUT2D eigenvalue weighted by atomic mass is 19.1. The molecule has 3 aromatic carbocycles. The maximum atomic E-state index is 14.0. The van der Waals surface area contributed by atoms with E-state index in [1.807, 2.05) is 24.3 Å². The maximum Gasteiger partial charge on any atom is 0.248 e. The van der Waals surface area contributed by atoms with E-state index >= 15 is 0 Å². The monoisotopic (exact) mass is 511 g/mol. The van der Waals surface area contributed by atoms with E-state index in [4.69, 9.17) is 5.73 Å². The molecule has 5 aromatic rings. The van der Waals surface area contributed by atoms with Gasteiger partial charge in [-0.3, -0.25) is 14.6 Å². The quantitative estimate of drug-likeness (QED) is 0.318. The van der Waals surface area contributed by atoms with Crippen molar-refractivity contribution in [3.05, 3.63) is 120 Å². The summed E-state index contributed by atoms with van der Waals surface area (Å²) in [6.45, 7) is -0.0200. The van der Waals surface area contributed by atoms with Crippen molar-refractivity contribution in [2.24, 2.45) is 5.73 Å². The summed E-state index contributed by atoms with van der Waals surface area (Å²) in [6, 6.07) is 20.2. The molecule has 0 radical (unpaired) electrons. The fourth-order valence-corrected chi connectivity index (χ4v) is 4.49. The Morgan fingerprint density at radius 2 is 1.71 bits per heavy atom. The van der Waals surface area contributed by atoms with E-state index in [-0.39, 0.29) is 18.9 Å². The molecule has 0 saturated heterocycles. The second-order valence-corrected chi connectivity index (χ2v) is 8.84. The van der Waals surface area contributed by atoms with E-state index in [0.29, 0.717) is 27.9 Å². The van der Waals surface area contributed by atoms with Crippen LogP contribution in [0.25, 0.3) is 22.2 Å². The number of amides is 2. The Balaban J connectivity index is 1.51. The third kappa shape index (κ3) is 5.41. The summed E-state index contributed by atoms with van der Waals surface area (Å²) in [7, 11) is 0. The van der Waals surface area contributed by atoms with Gasteiger partial charge in [-0.15, -0.1) is 0 Å². The summed E-state index contributed by atoms with van der Waals surface area (Å²) in [6.07, 6.45) is 3.23. The van der Waals surface area contributed by atoms with Crippen molar-refractivity contribution in [1.29, 1.82) is 0 Å². The van der Waals surface area contributed by atoms with Crippen LogP contribution >= 0.6 is 0 Å². The molecule has 2 aromatic heterocycles. The average Bonchev–Trinajstić information content (AvgIpc) is 3.30. The Hall–Kier alpha value is -4.92. The molecular weight excluding hydrogens is 488 g/mol. The van der Waals surface area contributed by atoms with Gasteiger partial charge in [-0.25, -0.2) is 13.8 Å². The second-order valence-electron chi connectivity index (χ2n) is 8.84. The zero-order chi connectivity index (χ0) is 26.6. The smallest absolute Gasteiger partial charge is 0.248 e. The Bertz CT molecular complexity index is 1630. The predicted octanol–water partition coefficient (Wildman–Crippen LogP) is 4.58. The van der Waals surface area contributed by atoms with Crippen molar-refractivity contribution in [2.75, 3.05) is 0 Å². The number of fused-ring (bicyclic) bond motifs is 1. The molecule has 0 aliphatic carbocycles. The molecule has 7 nitrogen and oxygen atoms in total. The molecule has 0 saturated carbocycles. The highest BCUT2D eigenvalue weighted by molar-refractivity contribution is 5.94. The molecular formula is C29H23F2N5O2. The molecule has 38 heavy (non-hydrogen) atoms. The number of nitrogens with zero attached hydrogens (tertiary/aromatic N) is 3.